The second-order valence-electron chi connectivity index (χ2n) is 4.11. The van der Waals surface area contributed by atoms with Gasteiger partial charge in [0.15, 0.2) is 0 Å². The highest BCUT2D eigenvalue weighted by atomic mass is 15.2. The van der Waals surface area contributed by atoms with E-state index in [2.05, 4.69) is 32.8 Å². The minimum Gasteiger partial charge on any atom is -0.355 e. The molecule has 0 atom stereocenters. The Balaban J connectivity index is 2.41. The van der Waals surface area contributed by atoms with Crippen LogP contribution in [0.4, 0.5) is 5.95 Å². The van der Waals surface area contributed by atoms with Crippen LogP contribution in [0.1, 0.15) is 24.7 Å². The van der Waals surface area contributed by atoms with Gasteiger partial charge in [-0.1, -0.05) is 6.92 Å². The molecule has 0 saturated carbocycles. The van der Waals surface area contributed by atoms with Gasteiger partial charge in [0.05, 0.1) is 17.1 Å². The van der Waals surface area contributed by atoms with E-state index >= 15 is 0 Å². The number of hydrogen-bond donors (Lipinski definition) is 1. The van der Waals surface area contributed by atoms with Crippen molar-refractivity contribution < 1.29 is 0 Å². The molecular formula is C13H18N4. The van der Waals surface area contributed by atoms with Crippen LogP contribution in [0.3, 0.4) is 0 Å². The Morgan fingerprint density at radius 1 is 1.35 bits per heavy atom. The predicted octanol–water partition coefficient (Wildman–Crippen LogP) is 2.71. The molecule has 4 nitrogen and oxygen atoms in total. The van der Waals surface area contributed by atoms with Crippen molar-refractivity contribution in [3.63, 3.8) is 0 Å². The average Bonchev–Trinajstić information content (AvgIpc) is 2.68. The number of aryl methyl sites for hydroxylation is 2. The molecule has 0 fully saturated rings. The molecular weight excluding hydrogens is 212 g/mol. The molecule has 0 aliphatic carbocycles. The van der Waals surface area contributed by atoms with Crippen molar-refractivity contribution in [3.8, 4) is 5.69 Å². The van der Waals surface area contributed by atoms with Gasteiger partial charge >= 0.3 is 0 Å². The number of hydrogen-bond acceptors (Lipinski definition) is 3. The topological polar surface area (TPSA) is 42.7 Å². The largest absolute Gasteiger partial charge is 0.355 e. The Labute approximate surface area is 102 Å². The van der Waals surface area contributed by atoms with Gasteiger partial charge in [0.2, 0.25) is 5.95 Å². The van der Waals surface area contributed by atoms with E-state index in [4.69, 9.17) is 0 Å². The van der Waals surface area contributed by atoms with Crippen molar-refractivity contribution in [1.82, 2.24) is 14.5 Å². The molecule has 17 heavy (non-hydrogen) atoms. The first-order valence-electron chi connectivity index (χ1n) is 5.94. The van der Waals surface area contributed by atoms with Crippen molar-refractivity contribution in [3.05, 3.63) is 35.9 Å². The summed E-state index contributed by atoms with van der Waals surface area (Å²) in [5.74, 6) is 0.889. The monoisotopic (exact) mass is 230 g/mol. The second kappa shape index (κ2) is 4.99. The number of anilines is 1. The molecule has 2 aromatic rings. The van der Waals surface area contributed by atoms with Gasteiger partial charge in [-0.3, -0.25) is 9.55 Å². The first kappa shape index (κ1) is 11.6. The Morgan fingerprint density at radius 3 is 2.88 bits per heavy atom. The van der Waals surface area contributed by atoms with Crippen molar-refractivity contribution in [2.75, 3.05) is 11.9 Å². The summed E-state index contributed by atoms with van der Waals surface area (Å²) < 4.78 is 2.06. The molecule has 2 heterocycles. The lowest BCUT2D eigenvalue weighted by atomic mass is 10.3. The number of pyridine rings is 1. The molecule has 2 rings (SSSR count). The maximum absolute atomic E-state index is 4.49. The fourth-order valence-electron chi connectivity index (χ4n) is 1.77. The third kappa shape index (κ3) is 2.46. The minimum atomic E-state index is 0.889. The first-order chi connectivity index (χ1) is 8.22. The molecule has 0 saturated heterocycles. The summed E-state index contributed by atoms with van der Waals surface area (Å²) in [5, 5.41) is 3.33. The number of nitrogens with zero attached hydrogens (tertiary/aromatic N) is 3. The predicted molar refractivity (Wildman–Crippen MR) is 69.6 cm³/mol. The van der Waals surface area contributed by atoms with Crippen LogP contribution in [0, 0.1) is 13.8 Å². The highest BCUT2D eigenvalue weighted by Crippen LogP contribution is 2.18. The zero-order chi connectivity index (χ0) is 12.3. The summed E-state index contributed by atoms with van der Waals surface area (Å²) in [6.45, 7) is 7.08. The first-order valence-corrected chi connectivity index (χ1v) is 5.94. The summed E-state index contributed by atoms with van der Waals surface area (Å²) >= 11 is 0. The Hall–Kier alpha value is -1.84. The molecule has 4 heteroatoms. The third-order valence-electron chi connectivity index (χ3n) is 2.60. The van der Waals surface area contributed by atoms with Gasteiger partial charge in [-0.25, -0.2) is 4.98 Å². The standard InChI is InChI=1S/C13H18N4/c1-4-7-15-13-16-10(2)9-17(13)12-6-5-8-14-11(12)3/h5-6,8-9H,4,7H2,1-3H3,(H,15,16). The van der Waals surface area contributed by atoms with Crippen LogP contribution in [-0.2, 0) is 0 Å². The van der Waals surface area contributed by atoms with Crippen LogP contribution in [-0.4, -0.2) is 21.1 Å². The SMILES string of the molecule is CCCNc1nc(C)cn1-c1cccnc1C. The Bertz CT molecular complexity index is 502. The maximum atomic E-state index is 4.49. The summed E-state index contributed by atoms with van der Waals surface area (Å²) in [7, 11) is 0. The normalized spacial score (nSPS) is 10.5. The Morgan fingerprint density at radius 2 is 2.18 bits per heavy atom. The van der Waals surface area contributed by atoms with E-state index in [1.54, 1.807) is 0 Å². The van der Waals surface area contributed by atoms with Crippen molar-refractivity contribution in [2.45, 2.75) is 27.2 Å². The van der Waals surface area contributed by atoms with Gasteiger partial charge in [-0.15, -0.1) is 0 Å². The third-order valence-corrected chi connectivity index (χ3v) is 2.60. The lowest BCUT2D eigenvalue weighted by molar-refractivity contribution is 0.929. The van der Waals surface area contributed by atoms with E-state index in [1.165, 1.54) is 0 Å². The molecule has 0 bridgehead atoms. The van der Waals surface area contributed by atoms with Crippen molar-refractivity contribution in [2.24, 2.45) is 0 Å². The Kier molecular flexibility index (Phi) is 3.42. The van der Waals surface area contributed by atoms with Gasteiger partial charge in [-0.05, 0) is 32.4 Å². The zero-order valence-electron chi connectivity index (χ0n) is 10.6. The lowest BCUT2D eigenvalue weighted by Gasteiger charge is -2.10. The van der Waals surface area contributed by atoms with E-state index < -0.39 is 0 Å². The van der Waals surface area contributed by atoms with Gasteiger partial charge in [-0.2, -0.15) is 0 Å². The van der Waals surface area contributed by atoms with Crippen LogP contribution in [0.2, 0.25) is 0 Å². The molecule has 0 amide bonds. The molecule has 0 radical (unpaired) electrons. The summed E-state index contributed by atoms with van der Waals surface area (Å²) in [5.41, 5.74) is 3.09. The molecule has 0 aliphatic heterocycles. The maximum Gasteiger partial charge on any atom is 0.207 e. The fraction of sp³-hybridized carbons (Fsp3) is 0.385. The van der Waals surface area contributed by atoms with Crippen LogP contribution in [0.25, 0.3) is 5.69 Å². The number of imidazole rings is 1. The molecule has 1 N–H and O–H groups in total. The van der Waals surface area contributed by atoms with Gasteiger partial charge in [0.1, 0.15) is 0 Å². The van der Waals surface area contributed by atoms with E-state index in [-0.39, 0.29) is 0 Å². The van der Waals surface area contributed by atoms with Crippen molar-refractivity contribution in [1.29, 1.82) is 0 Å². The van der Waals surface area contributed by atoms with Crippen LogP contribution >= 0.6 is 0 Å². The second-order valence-corrected chi connectivity index (χ2v) is 4.11. The van der Waals surface area contributed by atoms with Gasteiger partial charge in [0, 0.05) is 18.9 Å². The van der Waals surface area contributed by atoms with Crippen LogP contribution in [0.5, 0.6) is 0 Å². The highest BCUT2D eigenvalue weighted by molar-refractivity contribution is 5.45. The average molecular weight is 230 g/mol. The van der Waals surface area contributed by atoms with Gasteiger partial charge in [0.25, 0.3) is 0 Å². The zero-order valence-corrected chi connectivity index (χ0v) is 10.6. The molecule has 0 aromatic carbocycles. The minimum absolute atomic E-state index is 0.889. The molecule has 0 aliphatic rings. The number of aromatic nitrogens is 3. The highest BCUT2D eigenvalue weighted by Gasteiger charge is 2.08. The molecule has 0 unspecified atom stereocenters. The van der Waals surface area contributed by atoms with E-state index in [0.29, 0.717) is 0 Å². The fourth-order valence-corrected chi connectivity index (χ4v) is 1.77. The smallest absolute Gasteiger partial charge is 0.207 e. The van der Waals surface area contributed by atoms with Crippen LogP contribution in [0.15, 0.2) is 24.5 Å². The van der Waals surface area contributed by atoms with Gasteiger partial charge < -0.3 is 5.32 Å². The number of nitrogens with one attached hydrogen (secondary N) is 1. The van der Waals surface area contributed by atoms with E-state index in [0.717, 1.165) is 36.0 Å². The van der Waals surface area contributed by atoms with E-state index in [1.807, 2.05) is 32.3 Å². The van der Waals surface area contributed by atoms with E-state index in [9.17, 15) is 0 Å². The molecule has 90 valence electrons. The molecule has 0 spiro atoms. The van der Waals surface area contributed by atoms with Crippen LogP contribution < -0.4 is 5.32 Å². The number of rotatable bonds is 4. The van der Waals surface area contributed by atoms with Crippen molar-refractivity contribution >= 4 is 5.95 Å². The lowest BCUT2D eigenvalue weighted by Crippen LogP contribution is -2.07. The quantitative estimate of drug-likeness (QED) is 0.878. The molecule has 2 aromatic heterocycles. The summed E-state index contributed by atoms with van der Waals surface area (Å²) in [6.07, 6.45) is 4.92. The summed E-state index contributed by atoms with van der Waals surface area (Å²) in [6, 6.07) is 4.00. The summed E-state index contributed by atoms with van der Waals surface area (Å²) in [4.78, 5) is 8.80.